The molecule has 0 atom stereocenters. The van der Waals surface area contributed by atoms with Crippen molar-refractivity contribution in [2.75, 3.05) is 20.2 Å². The van der Waals surface area contributed by atoms with Crippen LogP contribution in [0.5, 0.6) is 0 Å². The molecule has 1 aromatic carbocycles. The van der Waals surface area contributed by atoms with Crippen molar-refractivity contribution in [3.05, 3.63) is 33.5 Å². The topological polar surface area (TPSA) is 42.7 Å². The number of hydrogen-bond acceptors (Lipinski definition) is 4. The molecule has 0 amide bonds. The summed E-state index contributed by atoms with van der Waals surface area (Å²) in [7, 11) is 2.05. The third kappa shape index (κ3) is 2.15. The molecule has 1 aliphatic rings. The van der Waals surface area contributed by atoms with Crippen LogP contribution < -0.4 is 0 Å². The highest BCUT2D eigenvalue weighted by atomic mass is 79.9. The second-order valence-electron chi connectivity index (χ2n) is 5.02. The molecule has 0 saturated heterocycles. The fourth-order valence-electron chi connectivity index (χ4n) is 2.71. The Morgan fingerprint density at radius 3 is 3.00 bits per heavy atom. The molecule has 2 aromatic rings. The van der Waals surface area contributed by atoms with Crippen LogP contribution >= 0.6 is 15.9 Å². The van der Waals surface area contributed by atoms with Crippen LogP contribution in [0.4, 0.5) is 0 Å². The molecule has 5 heteroatoms. The number of rotatable bonds is 2. The summed E-state index contributed by atoms with van der Waals surface area (Å²) in [6, 6.07) is 3.88. The Hall–Kier alpha value is -1.33. The monoisotopic (exact) mass is 337 g/mol. The van der Waals surface area contributed by atoms with E-state index in [4.69, 9.17) is 9.15 Å². The Morgan fingerprint density at radius 1 is 1.45 bits per heavy atom. The standard InChI is InChI=1S/C15H16BrNO3/c1-3-19-15(18)14-10-8-17(2)7-6-9-11(16)4-5-12(20-14)13(9)10/h4-5H,3,6-8H2,1-2H3. The van der Waals surface area contributed by atoms with Crippen LogP contribution in [0.25, 0.3) is 11.0 Å². The number of halogens is 1. The quantitative estimate of drug-likeness (QED) is 0.788. The Balaban J connectivity index is 2.25. The Labute approximate surface area is 125 Å². The average molecular weight is 338 g/mol. The van der Waals surface area contributed by atoms with Gasteiger partial charge in [-0.25, -0.2) is 4.79 Å². The molecule has 0 fully saturated rings. The first-order valence-electron chi connectivity index (χ1n) is 6.70. The van der Waals surface area contributed by atoms with Crippen molar-refractivity contribution in [3.63, 3.8) is 0 Å². The number of nitrogens with zero attached hydrogens (tertiary/aromatic N) is 1. The normalized spacial score (nSPS) is 15.3. The van der Waals surface area contributed by atoms with E-state index in [1.54, 1.807) is 6.92 Å². The molecule has 1 aromatic heterocycles. The molecule has 0 radical (unpaired) electrons. The summed E-state index contributed by atoms with van der Waals surface area (Å²) in [5.41, 5.74) is 2.91. The highest BCUT2D eigenvalue weighted by Gasteiger charge is 2.27. The first-order chi connectivity index (χ1) is 9.61. The minimum atomic E-state index is -0.379. The molecule has 0 N–H and O–H groups in total. The van der Waals surface area contributed by atoms with Gasteiger partial charge in [0, 0.05) is 28.5 Å². The van der Waals surface area contributed by atoms with Gasteiger partial charge < -0.3 is 14.1 Å². The molecule has 106 valence electrons. The lowest BCUT2D eigenvalue weighted by molar-refractivity contribution is 0.0489. The van der Waals surface area contributed by atoms with E-state index in [9.17, 15) is 4.79 Å². The number of likely N-dealkylation sites (N-methyl/N-ethyl adjacent to an activating group) is 1. The minimum absolute atomic E-state index is 0.343. The highest BCUT2D eigenvalue weighted by molar-refractivity contribution is 9.10. The van der Waals surface area contributed by atoms with Gasteiger partial charge in [-0.15, -0.1) is 0 Å². The first kappa shape index (κ1) is 13.6. The van der Waals surface area contributed by atoms with Crippen LogP contribution in [0, 0.1) is 0 Å². The molecule has 20 heavy (non-hydrogen) atoms. The van der Waals surface area contributed by atoms with Gasteiger partial charge in [-0.05, 0) is 38.1 Å². The Kier molecular flexibility index (Phi) is 3.56. The predicted octanol–water partition coefficient (Wildman–Crippen LogP) is 3.36. The van der Waals surface area contributed by atoms with Crippen molar-refractivity contribution in [1.29, 1.82) is 0 Å². The zero-order valence-electron chi connectivity index (χ0n) is 11.5. The highest BCUT2D eigenvalue weighted by Crippen LogP contribution is 2.36. The molecule has 0 saturated carbocycles. The summed E-state index contributed by atoms with van der Waals surface area (Å²) in [6.07, 6.45) is 0.934. The van der Waals surface area contributed by atoms with E-state index < -0.39 is 0 Å². The van der Waals surface area contributed by atoms with E-state index in [1.807, 2.05) is 19.2 Å². The second-order valence-corrected chi connectivity index (χ2v) is 5.87. The summed E-state index contributed by atoms with van der Waals surface area (Å²) in [6.45, 7) is 3.80. The Bertz CT molecular complexity index is 677. The smallest absolute Gasteiger partial charge is 0.374 e. The lowest BCUT2D eigenvalue weighted by Crippen LogP contribution is -2.20. The van der Waals surface area contributed by atoms with Crippen LogP contribution in [-0.2, 0) is 17.7 Å². The maximum absolute atomic E-state index is 12.1. The molecule has 0 spiro atoms. The van der Waals surface area contributed by atoms with Gasteiger partial charge in [-0.1, -0.05) is 15.9 Å². The van der Waals surface area contributed by atoms with Gasteiger partial charge >= 0.3 is 5.97 Å². The number of esters is 1. The van der Waals surface area contributed by atoms with Gasteiger partial charge in [0.15, 0.2) is 0 Å². The van der Waals surface area contributed by atoms with Gasteiger partial charge in [0.2, 0.25) is 5.76 Å². The van der Waals surface area contributed by atoms with Crippen LogP contribution in [0.2, 0.25) is 0 Å². The van der Waals surface area contributed by atoms with Gasteiger partial charge in [0.05, 0.1) is 6.61 Å². The SMILES string of the molecule is CCOC(=O)c1oc2ccc(Br)c3c2c1CN(C)CC3. The summed E-state index contributed by atoms with van der Waals surface area (Å²) >= 11 is 3.60. The van der Waals surface area contributed by atoms with Crippen molar-refractivity contribution < 1.29 is 13.9 Å². The fraction of sp³-hybridized carbons (Fsp3) is 0.400. The zero-order chi connectivity index (χ0) is 14.3. The van der Waals surface area contributed by atoms with E-state index in [1.165, 1.54) is 5.56 Å². The predicted molar refractivity (Wildman–Crippen MR) is 79.9 cm³/mol. The number of furan rings is 1. The molecule has 1 aliphatic heterocycles. The van der Waals surface area contributed by atoms with Crippen LogP contribution in [0.15, 0.2) is 21.0 Å². The van der Waals surface area contributed by atoms with E-state index in [0.29, 0.717) is 18.9 Å². The zero-order valence-corrected chi connectivity index (χ0v) is 13.1. The van der Waals surface area contributed by atoms with E-state index in [0.717, 1.165) is 34.0 Å². The second kappa shape index (κ2) is 5.22. The molecule has 0 unspecified atom stereocenters. The summed E-state index contributed by atoms with van der Waals surface area (Å²) in [4.78, 5) is 14.3. The largest absolute Gasteiger partial charge is 0.460 e. The number of hydrogen-bond donors (Lipinski definition) is 0. The van der Waals surface area contributed by atoms with Crippen LogP contribution in [0.1, 0.15) is 28.6 Å². The van der Waals surface area contributed by atoms with Crippen molar-refractivity contribution in [1.82, 2.24) is 4.90 Å². The number of benzene rings is 1. The summed E-state index contributed by atoms with van der Waals surface area (Å²) in [5, 5.41) is 1.06. The minimum Gasteiger partial charge on any atom is -0.460 e. The Morgan fingerprint density at radius 2 is 2.25 bits per heavy atom. The van der Waals surface area contributed by atoms with E-state index in [2.05, 4.69) is 20.8 Å². The van der Waals surface area contributed by atoms with Gasteiger partial charge in [0.25, 0.3) is 0 Å². The molecule has 4 nitrogen and oxygen atoms in total. The van der Waals surface area contributed by atoms with Crippen molar-refractivity contribution in [2.45, 2.75) is 19.9 Å². The maximum Gasteiger partial charge on any atom is 0.374 e. The molecular formula is C15H16BrNO3. The molecule has 0 bridgehead atoms. The van der Waals surface area contributed by atoms with Crippen LogP contribution in [-0.4, -0.2) is 31.1 Å². The fourth-order valence-corrected chi connectivity index (χ4v) is 3.24. The summed E-state index contributed by atoms with van der Waals surface area (Å²) < 4.78 is 11.9. The number of carbonyl (C=O) groups excluding carboxylic acids is 1. The number of ether oxygens (including phenoxy) is 1. The summed E-state index contributed by atoms with van der Waals surface area (Å²) in [5.74, 6) is -0.0361. The van der Waals surface area contributed by atoms with Crippen molar-refractivity contribution in [3.8, 4) is 0 Å². The average Bonchev–Trinajstić information content (AvgIpc) is 2.67. The van der Waals surface area contributed by atoms with Gasteiger partial charge in [-0.2, -0.15) is 0 Å². The third-order valence-corrected chi connectivity index (χ3v) is 4.38. The molecule has 3 rings (SSSR count). The first-order valence-corrected chi connectivity index (χ1v) is 7.49. The number of carbonyl (C=O) groups is 1. The molecular weight excluding hydrogens is 322 g/mol. The lowest BCUT2D eigenvalue weighted by atomic mass is 10.0. The van der Waals surface area contributed by atoms with E-state index in [-0.39, 0.29) is 5.97 Å². The third-order valence-electron chi connectivity index (χ3n) is 3.64. The lowest BCUT2D eigenvalue weighted by Gasteiger charge is -2.13. The van der Waals surface area contributed by atoms with Gasteiger partial charge in [-0.3, -0.25) is 0 Å². The van der Waals surface area contributed by atoms with Crippen LogP contribution in [0.3, 0.4) is 0 Å². The molecule has 2 heterocycles. The molecule has 0 aliphatic carbocycles. The maximum atomic E-state index is 12.1. The van der Waals surface area contributed by atoms with Crippen molar-refractivity contribution >= 4 is 32.9 Å². The van der Waals surface area contributed by atoms with Gasteiger partial charge in [0.1, 0.15) is 5.58 Å². The van der Waals surface area contributed by atoms with E-state index >= 15 is 0 Å². The van der Waals surface area contributed by atoms with Crippen molar-refractivity contribution in [2.24, 2.45) is 0 Å².